The van der Waals surface area contributed by atoms with Crippen LogP contribution in [0.2, 0.25) is 0 Å². The molecule has 1 unspecified atom stereocenters. The zero-order valence-corrected chi connectivity index (χ0v) is 14.1. The Kier molecular flexibility index (Phi) is 5.80. The summed E-state index contributed by atoms with van der Waals surface area (Å²) in [6.45, 7) is 3.13. The van der Waals surface area contributed by atoms with E-state index in [1.54, 1.807) is 6.20 Å². The van der Waals surface area contributed by atoms with Crippen LogP contribution in [0.5, 0.6) is 0 Å². The standard InChI is InChI=1S/C17H22N4O.ClH/c1-12-15(17(22)19-10-16(18)14-7-8-14)9-20-21(12)11-13-5-3-2-4-6-13;/h2-6,9,14,16H,7-8,10-11,18H2,1H3,(H,19,22);1H. The lowest BCUT2D eigenvalue weighted by Crippen LogP contribution is -2.38. The third-order valence-corrected chi connectivity index (χ3v) is 4.25. The largest absolute Gasteiger partial charge is 0.350 e. The predicted octanol–water partition coefficient (Wildman–Crippen LogP) is 2.13. The van der Waals surface area contributed by atoms with Crippen molar-refractivity contribution in [2.24, 2.45) is 11.7 Å². The Bertz CT molecular complexity index is 652. The van der Waals surface area contributed by atoms with Gasteiger partial charge in [0.2, 0.25) is 0 Å². The van der Waals surface area contributed by atoms with Gasteiger partial charge in [-0.25, -0.2) is 0 Å². The van der Waals surface area contributed by atoms with Gasteiger partial charge in [0.15, 0.2) is 0 Å². The zero-order valence-electron chi connectivity index (χ0n) is 13.2. The van der Waals surface area contributed by atoms with Gasteiger partial charge in [-0.15, -0.1) is 12.4 Å². The summed E-state index contributed by atoms with van der Waals surface area (Å²) in [5, 5.41) is 7.25. The van der Waals surface area contributed by atoms with Gasteiger partial charge in [-0.1, -0.05) is 30.3 Å². The van der Waals surface area contributed by atoms with E-state index in [1.165, 1.54) is 12.8 Å². The normalized spacial score (nSPS) is 14.9. The van der Waals surface area contributed by atoms with E-state index in [2.05, 4.69) is 22.5 Å². The van der Waals surface area contributed by atoms with Crippen molar-refractivity contribution in [2.75, 3.05) is 6.54 Å². The molecule has 1 fully saturated rings. The maximum Gasteiger partial charge on any atom is 0.254 e. The highest BCUT2D eigenvalue weighted by Gasteiger charge is 2.28. The number of amides is 1. The van der Waals surface area contributed by atoms with Gasteiger partial charge >= 0.3 is 0 Å². The Labute approximate surface area is 142 Å². The van der Waals surface area contributed by atoms with Crippen molar-refractivity contribution < 1.29 is 4.79 Å². The molecular formula is C17H23ClN4O. The summed E-state index contributed by atoms with van der Waals surface area (Å²) < 4.78 is 1.85. The molecule has 23 heavy (non-hydrogen) atoms. The molecule has 1 amide bonds. The first-order valence-electron chi connectivity index (χ1n) is 7.75. The average Bonchev–Trinajstić information content (AvgIpc) is 3.32. The minimum atomic E-state index is -0.0899. The van der Waals surface area contributed by atoms with Crippen LogP contribution in [-0.2, 0) is 6.54 Å². The van der Waals surface area contributed by atoms with Crippen LogP contribution in [0.1, 0.15) is 34.5 Å². The topological polar surface area (TPSA) is 72.9 Å². The van der Waals surface area contributed by atoms with Gasteiger partial charge in [0.25, 0.3) is 5.91 Å². The highest BCUT2D eigenvalue weighted by Crippen LogP contribution is 2.31. The second-order valence-electron chi connectivity index (χ2n) is 6.00. The molecule has 1 heterocycles. The maximum absolute atomic E-state index is 12.3. The molecule has 6 heteroatoms. The van der Waals surface area contributed by atoms with E-state index in [0.717, 1.165) is 11.3 Å². The first-order chi connectivity index (χ1) is 10.6. The number of hydrogen-bond donors (Lipinski definition) is 2. The Balaban J connectivity index is 0.00000192. The second kappa shape index (κ2) is 7.62. The van der Waals surface area contributed by atoms with E-state index in [-0.39, 0.29) is 24.4 Å². The Morgan fingerprint density at radius 1 is 1.39 bits per heavy atom. The van der Waals surface area contributed by atoms with Crippen molar-refractivity contribution in [1.29, 1.82) is 0 Å². The molecule has 1 saturated carbocycles. The van der Waals surface area contributed by atoms with E-state index in [9.17, 15) is 4.79 Å². The third kappa shape index (κ3) is 4.33. The Hall–Kier alpha value is -1.85. The summed E-state index contributed by atoms with van der Waals surface area (Å²) in [6.07, 6.45) is 4.01. The number of carbonyl (C=O) groups is 1. The zero-order chi connectivity index (χ0) is 15.5. The molecule has 1 aliphatic carbocycles. The summed E-state index contributed by atoms with van der Waals surface area (Å²) in [5.41, 5.74) is 8.68. The van der Waals surface area contributed by atoms with Crippen molar-refractivity contribution in [3.63, 3.8) is 0 Å². The lowest BCUT2D eigenvalue weighted by molar-refractivity contribution is 0.0949. The number of aromatic nitrogens is 2. The number of halogens is 1. The molecule has 3 N–H and O–H groups in total. The average molecular weight is 335 g/mol. The van der Waals surface area contributed by atoms with E-state index < -0.39 is 0 Å². The second-order valence-corrected chi connectivity index (χ2v) is 6.00. The molecule has 1 aliphatic rings. The first-order valence-corrected chi connectivity index (χ1v) is 7.75. The molecule has 124 valence electrons. The van der Waals surface area contributed by atoms with Crippen molar-refractivity contribution in [1.82, 2.24) is 15.1 Å². The van der Waals surface area contributed by atoms with Gasteiger partial charge in [-0.05, 0) is 31.2 Å². The van der Waals surface area contributed by atoms with Crippen LogP contribution in [0.15, 0.2) is 36.5 Å². The third-order valence-electron chi connectivity index (χ3n) is 4.25. The van der Waals surface area contributed by atoms with Gasteiger partial charge in [-0.3, -0.25) is 9.48 Å². The Morgan fingerprint density at radius 3 is 2.74 bits per heavy atom. The molecule has 0 radical (unpaired) electrons. The highest BCUT2D eigenvalue weighted by atomic mass is 35.5. The number of nitrogens with two attached hydrogens (primary N) is 1. The summed E-state index contributed by atoms with van der Waals surface area (Å²) in [7, 11) is 0. The summed E-state index contributed by atoms with van der Waals surface area (Å²) >= 11 is 0. The quantitative estimate of drug-likeness (QED) is 0.850. The van der Waals surface area contributed by atoms with Crippen LogP contribution < -0.4 is 11.1 Å². The number of nitrogens with one attached hydrogen (secondary N) is 1. The number of carbonyl (C=O) groups excluding carboxylic acids is 1. The number of benzene rings is 1. The smallest absolute Gasteiger partial charge is 0.254 e. The first kappa shape index (κ1) is 17.5. The van der Waals surface area contributed by atoms with Gasteiger partial charge in [-0.2, -0.15) is 5.10 Å². The van der Waals surface area contributed by atoms with Crippen LogP contribution >= 0.6 is 12.4 Å². The van der Waals surface area contributed by atoms with E-state index >= 15 is 0 Å². The minimum absolute atomic E-state index is 0. The molecule has 3 rings (SSSR count). The SMILES string of the molecule is Cc1c(C(=O)NCC(N)C2CC2)cnn1Cc1ccccc1.Cl. The maximum atomic E-state index is 12.3. The molecular weight excluding hydrogens is 312 g/mol. The highest BCUT2D eigenvalue weighted by molar-refractivity contribution is 5.95. The van der Waals surface area contributed by atoms with Crippen LogP contribution in [0.25, 0.3) is 0 Å². The molecule has 0 bridgehead atoms. The molecule has 0 saturated heterocycles. The fourth-order valence-electron chi connectivity index (χ4n) is 2.58. The lowest BCUT2D eigenvalue weighted by Gasteiger charge is -2.11. The molecule has 1 atom stereocenters. The molecule has 2 aromatic rings. The number of hydrogen-bond acceptors (Lipinski definition) is 3. The number of rotatable bonds is 6. The van der Waals surface area contributed by atoms with E-state index in [1.807, 2.05) is 29.8 Å². The van der Waals surface area contributed by atoms with Gasteiger partial charge in [0, 0.05) is 18.3 Å². The number of nitrogens with zero attached hydrogens (tertiary/aromatic N) is 2. The summed E-state index contributed by atoms with van der Waals surface area (Å²) in [4.78, 5) is 12.3. The van der Waals surface area contributed by atoms with E-state index in [4.69, 9.17) is 5.73 Å². The molecule has 0 spiro atoms. The lowest BCUT2D eigenvalue weighted by atomic mass is 10.2. The Morgan fingerprint density at radius 2 is 2.09 bits per heavy atom. The van der Waals surface area contributed by atoms with Crippen molar-refractivity contribution >= 4 is 18.3 Å². The van der Waals surface area contributed by atoms with Gasteiger partial charge in [0.1, 0.15) is 0 Å². The molecule has 5 nitrogen and oxygen atoms in total. The van der Waals surface area contributed by atoms with Crippen LogP contribution in [0.3, 0.4) is 0 Å². The fourth-order valence-corrected chi connectivity index (χ4v) is 2.58. The van der Waals surface area contributed by atoms with Crippen molar-refractivity contribution in [3.05, 3.63) is 53.3 Å². The van der Waals surface area contributed by atoms with Gasteiger partial charge < -0.3 is 11.1 Å². The molecule has 1 aromatic heterocycles. The van der Waals surface area contributed by atoms with E-state index in [0.29, 0.717) is 24.6 Å². The van der Waals surface area contributed by atoms with Crippen LogP contribution in [0.4, 0.5) is 0 Å². The van der Waals surface area contributed by atoms with Crippen LogP contribution in [0, 0.1) is 12.8 Å². The predicted molar refractivity (Wildman–Crippen MR) is 92.8 cm³/mol. The van der Waals surface area contributed by atoms with Crippen molar-refractivity contribution in [3.8, 4) is 0 Å². The van der Waals surface area contributed by atoms with Crippen LogP contribution in [-0.4, -0.2) is 28.3 Å². The van der Waals surface area contributed by atoms with Crippen molar-refractivity contribution in [2.45, 2.75) is 32.4 Å². The summed E-state index contributed by atoms with van der Waals surface area (Å²) in [6, 6.07) is 10.2. The molecule has 1 aromatic carbocycles. The fraction of sp³-hybridized carbons (Fsp3) is 0.412. The summed E-state index contributed by atoms with van der Waals surface area (Å²) in [5.74, 6) is 0.495. The molecule has 0 aliphatic heterocycles. The monoisotopic (exact) mass is 334 g/mol. The minimum Gasteiger partial charge on any atom is -0.350 e. The van der Waals surface area contributed by atoms with Gasteiger partial charge in [0.05, 0.1) is 18.3 Å².